The summed E-state index contributed by atoms with van der Waals surface area (Å²) in [5, 5.41) is 6.54. The van der Waals surface area contributed by atoms with Crippen molar-refractivity contribution < 1.29 is 0 Å². The number of nitrogens with one attached hydrogen (secondary N) is 1. The molecule has 5 heteroatoms. The number of aromatic nitrogens is 2. The molecule has 0 aromatic carbocycles. The fourth-order valence-corrected chi connectivity index (χ4v) is 2.30. The fraction of sp³-hybridized carbons (Fsp3) is 0.273. The second-order valence-electron chi connectivity index (χ2n) is 3.53. The first kappa shape index (κ1) is 11.5. The molecule has 0 bridgehead atoms. The average Bonchev–Trinajstić information content (AvgIpc) is 2.68. The maximum atomic E-state index is 4.45. The molecule has 0 aliphatic rings. The van der Waals surface area contributed by atoms with E-state index in [4.69, 9.17) is 0 Å². The lowest BCUT2D eigenvalue weighted by atomic mass is 10.2. The summed E-state index contributed by atoms with van der Waals surface area (Å²) < 4.78 is 0.843. The Morgan fingerprint density at radius 3 is 2.81 bits per heavy atom. The van der Waals surface area contributed by atoms with Crippen LogP contribution in [0.1, 0.15) is 23.7 Å². The number of nitrogens with zero attached hydrogens (tertiary/aromatic N) is 2. The highest BCUT2D eigenvalue weighted by Gasteiger charge is 2.08. The van der Waals surface area contributed by atoms with Gasteiger partial charge in [0, 0.05) is 5.38 Å². The van der Waals surface area contributed by atoms with E-state index in [1.165, 1.54) is 0 Å². The van der Waals surface area contributed by atoms with Gasteiger partial charge in [0.05, 0.1) is 28.6 Å². The third-order valence-corrected chi connectivity index (χ3v) is 3.45. The molecule has 2 rings (SSSR count). The molecule has 3 nitrogen and oxygen atoms in total. The van der Waals surface area contributed by atoms with Gasteiger partial charge in [-0.15, -0.1) is 11.3 Å². The van der Waals surface area contributed by atoms with Gasteiger partial charge in [-0.25, -0.2) is 9.97 Å². The minimum atomic E-state index is 0.202. The molecule has 84 valence electrons. The summed E-state index contributed by atoms with van der Waals surface area (Å²) in [6.45, 7) is 4.11. The first-order valence-electron chi connectivity index (χ1n) is 4.95. The summed E-state index contributed by atoms with van der Waals surface area (Å²) in [5.41, 5.74) is 2.08. The molecule has 0 radical (unpaired) electrons. The zero-order valence-electron chi connectivity index (χ0n) is 9.07. The minimum Gasteiger partial charge on any atom is -0.376 e. The summed E-state index contributed by atoms with van der Waals surface area (Å²) in [6, 6.07) is 4.11. The van der Waals surface area contributed by atoms with Crippen LogP contribution in [0.2, 0.25) is 0 Å². The third-order valence-electron chi connectivity index (χ3n) is 2.19. The van der Waals surface area contributed by atoms with Gasteiger partial charge in [-0.1, -0.05) is 0 Å². The second-order valence-corrected chi connectivity index (χ2v) is 5.40. The van der Waals surface area contributed by atoms with Crippen molar-refractivity contribution in [1.82, 2.24) is 9.97 Å². The number of hydrogen-bond donors (Lipinski definition) is 1. The first-order chi connectivity index (χ1) is 7.65. The number of thiazole rings is 1. The van der Waals surface area contributed by atoms with Gasteiger partial charge in [-0.2, -0.15) is 0 Å². The van der Waals surface area contributed by atoms with Crippen molar-refractivity contribution in [2.24, 2.45) is 0 Å². The van der Waals surface area contributed by atoms with Crippen molar-refractivity contribution >= 4 is 33.0 Å². The predicted molar refractivity (Wildman–Crippen MR) is 70.8 cm³/mol. The summed E-state index contributed by atoms with van der Waals surface area (Å²) in [5.74, 6) is 0. The van der Waals surface area contributed by atoms with Crippen LogP contribution in [0.3, 0.4) is 0 Å². The Bertz CT molecular complexity index is 466. The van der Waals surface area contributed by atoms with E-state index in [2.05, 4.69) is 43.5 Å². The molecule has 0 aliphatic heterocycles. The Labute approximate surface area is 107 Å². The van der Waals surface area contributed by atoms with Gasteiger partial charge in [0.25, 0.3) is 0 Å². The van der Waals surface area contributed by atoms with E-state index in [0.717, 1.165) is 21.0 Å². The zero-order valence-corrected chi connectivity index (χ0v) is 11.5. The van der Waals surface area contributed by atoms with Gasteiger partial charge in [-0.05, 0) is 41.9 Å². The lowest BCUT2D eigenvalue weighted by Crippen LogP contribution is -2.07. The number of halogens is 1. The quantitative estimate of drug-likeness (QED) is 0.876. The van der Waals surface area contributed by atoms with Crippen LogP contribution < -0.4 is 5.32 Å². The monoisotopic (exact) mass is 297 g/mol. The summed E-state index contributed by atoms with van der Waals surface area (Å²) in [4.78, 5) is 8.62. The lowest BCUT2D eigenvalue weighted by molar-refractivity contribution is 0.844. The van der Waals surface area contributed by atoms with Crippen LogP contribution in [0.5, 0.6) is 0 Å². The number of pyridine rings is 1. The molecule has 1 unspecified atom stereocenters. The van der Waals surface area contributed by atoms with Crippen LogP contribution in [0.4, 0.5) is 5.69 Å². The molecule has 0 saturated heterocycles. The highest BCUT2D eigenvalue weighted by molar-refractivity contribution is 9.10. The fourth-order valence-electron chi connectivity index (χ4n) is 1.36. The number of aryl methyl sites for hydroxylation is 1. The Balaban J connectivity index is 2.07. The van der Waals surface area contributed by atoms with Gasteiger partial charge in [0.2, 0.25) is 0 Å². The van der Waals surface area contributed by atoms with Gasteiger partial charge >= 0.3 is 0 Å². The largest absolute Gasteiger partial charge is 0.376 e. The van der Waals surface area contributed by atoms with Crippen molar-refractivity contribution in [3.05, 3.63) is 39.0 Å². The molecule has 1 N–H and O–H groups in total. The zero-order chi connectivity index (χ0) is 11.5. The molecule has 2 heterocycles. The standard InChI is InChI=1S/C11H12BrN3S/c1-7(10-6-16-8(2)15-10)14-9-3-4-11(12)13-5-9/h3-7,14H,1-2H3. The Morgan fingerprint density at radius 2 is 2.25 bits per heavy atom. The van der Waals surface area contributed by atoms with Crippen LogP contribution >= 0.6 is 27.3 Å². The van der Waals surface area contributed by atoms with Gasteiger partial charge in [0.1, 0.15) is 4.60 Å². The van der Waals surface area contributed by atoms with Crippen molar-refractivity contribution in [2.75, 3.05) is 5.32 Å². The number of rotatable bonds is 3. The van der Waals surface area contributed by atoms with E-state index in [1.54, 1.807) is 17.5 Å². The topological polar surface area (TPSA) is 37.8 Å². The van der Waals surface area contributed by atoms with Crippen molar-refractivity contribution in [3.63, 3.8) is 0 Å². The van der Waals surface area contributed by atoms with E-state index < -0.39 is 0 Å². The summed E-state index contributed by atoms with van der Waals surface area (Å²) >= 11 is 4.98. The molecule has 0 amide bonds. The van der Waals surface area contributed by atoms with Crippen LogP contribution in [-0.4, -0.2) is 9.97 Å². The van der Waals surface area contributed by atoms with Gasteiger partial charge < -0.3 is 5.32 Å². The highest BCUT2D eigenvalue weighted by Crippen LogP contribution is 2.20. The predicted octanol–water partition coefficient (Wildman–Crippen LogP) is 3.78. The van der Waals surface area contributed by atoms with Gasteiger partial charge in [-0.3, -0.25) is 0 Å². The van der Waals surface area contributed by atoms with Crippen molar-refractivity contribution in [1.29, 1.82) is 0 Å². The Kier molecular flexibility index (Phi) is 3.56. The van der Waals surface area contributed by atoms with Crippen LogP contribution in [0, 0.1) is 6.92 Å². The SMILES string of the molecule is Cc1nc(C(C)Nc2ccc(Br)nc2)cs1. The molecule has 0 aliphatic carbocycles. The summed E-state index contributed by atoms with van der Waals surface area (Å²) in [6.07, 6.45) is 1.81. The van der Waals surface area contributed by atoms with E-state index in [1.807, 2.05) is 19.1 Å². The van der Waals surface area contributed by atoms with E-state index in [-0.39, 0.29) is 6.04 Å². The molecule has 0 saturated carbocycles. The molecule has 16 heavy (non-hydrogen) atoms. The van der Waals surface area contributed by atoms with Crippen LogP contribution in [-0.2, 0) is 0 Å². The molecule has 2 aromatic heterocycles. The molecular formula is C11H12BrN3S. The average molecular weight is 298 g/mol. The molecular weight excluding hydrogens is 286 g/mol. The highest BCUT2D eigenvalue weighted by atomic mass is 79.9. The summed E-state index contributed by atoms with van der Waals surface area (Å²) in [7, 11) is 0. The molecule has 2 aromatic rings. The molecule has 1 atom stereocenters. The second kappa shape index (κ2) is 4.93. The normalized spacial score (nSPS) is 12.4. The van der Waals surface area contributed by atoms with E-state index >= 15 is 0 Å². The molecule has 0 fully saturated rings. The van der Waals surface area contributed by atoms with E-state index in [9.17, 15) is 0 Å². The van der Waals surface area contributed by atoms with Gasteiger partial charge in [0.15, 0.2) is 0 Å². The third kappa shape index (κ3) is 2.80. The van der Waals surface area contributed by atoms with Crippen LogP contribution in [0.25, 0.3) is 0 Å². The van der Waals surface area contributed by atoms with Crippen molar-refractivity contribution in [3.8, 4) is 0 Å². The van der Waals surface area contributed by atoms with E-state index in [0.29, 0.717) is 0 Å². The Morgan fingerprint density at radius 1 is 1.44 bits per heavy atom. The van der Waals surface area contributed by atoms with Crippen LogP contribution in [0.15, 0.2) is 28.3 Å². The Hall–Kier alpha value is -0.940. The molecule has 0 spiro atoms. The smallest absolute Gasteiger partial charge is 0.106 e. The number of hydrogen-bond acceptors (Lipinski definition) is 4. The minimum absolute atomic E-state index is 0.202. The number of anilines is 1. The maximum Gasteiger partial charge on any atom is 0.106 e. The van der Waals surface area contributed by atoms with Crippen molar-refractivity contribution in [2.45, 2.75) is 19.9 Å². The maximum absolute atomic E-state index is 4.45. The lowest BCUT2D eigenvalue weighted by Gasteiger charge is -2.12. The first-order valence-corrected chi connectivity index (χ1v) is 6.62.